The maximum atomic E-state index is 5.31. The Labute approximate surface area is 293 Å². The van der Waals surface area contributed by atoms with E-state index < -0.39 is 0 Å². The van der Waals surface area contributed by atoms with Gasteiger partial charge in [-0.05, 0) is 110 Å². The molecule has 8 rings (SSSR count). The van der Waals surface area contributed by atoms with Gasteiger partial charge < -0.3 is 4.90 Å². The van der Waals surface area contributed by atoms with E-state index in [4.69, 9.17) is 9.97 Å². The summed E-state index contributed by atoms with van der Waals surface area (Å²) < 4.78 is 4.55. The van der Waals surface area contributed by atoms with Crippen molar-refractivity contribution >= 4 is 33.5 Å². The monoisotopic (exact) mass is 649 g/mol. The van der Waals surface area contributed by atoms with Crippen molar-refractivity contribution in [3.05, 3.63) is 168 Å². The van der Waals surface area contributed by atoms with Gasteiger partial charge in [0.05, 0.1) is 22.1 Å². The van der Waals surface area contributed by atoms with Gasteiger partial charge in [0.25, 0.3) is 0 Å². The van der Waals surface area contributed by atoms with E-state index in [2.05, 4.69) is 194 Å². The third-order valence-electron chi connectivity index (χ3n) is 9.62. The molecule has 0 aliphatic carbocycles. The standard InChI is InChI=1S/C45H39N5/c1-5-31(2)43(48(4)40-25-15-12-18-32(40)3)33-28-34(44-46-38-23-13-16-26-41(38)49(44)36-19-8-6-9-20-36)30-35(29-33)45-47-39-24-14-17-27-42(39)50(45)37-21-10-7-11-22-37/h6-30H,5H2,1-4H3/b43-31+. The van der Waals surface area contributed by atoms with Crippen LogP contribution in [0.15, 0.2) is 157 Å². The number of hydrogen-bond donors (Lipinski definition) is 0. The first-order valence-electron chi connectivity index (χ1n) is 17.2. The first-order valence-corrected chi connectivity index (χ1v) is 17.2. The molecule has 0 amide bonds. The summed E-state index contributed by atoms with van der Waals surface area (Å²) >= 11 is 0. The molecule has 5 heteroatoms. The summed E-state index contributed by atoms with van der Waals surface area (Å²) in [6.45, 7) is 6.65. The number of allylic oxidation sites excluding steroid dienone is 1. The van der Waals surface area contributed by atoms with Crippen LogP contribution < -0.4 is 4.90 Å². The third-order valence-corrected chi connectivity index (χ3v) is 9.62. The molecule has 0 unspecified atom stereocenters. The Morgan fingerprint density at radius 1 is 0.580 bits per heavy atom. The van der Waals surface area contributed by atoms with E-state index in [9.17, 15) is 0 Å². The van der Waals surface area contributed by atoms with Crippen molar-refractivity contribution in [2.75, 3.05) is 11.9 Å². The summed E-state index contributed by atoms with van der Waals surface area (Å²) in [7, 11) is 2.18. The van der Waals surface area contributed by atoms with Gasteiger partial charge in [-0.3, -0.25) is 9.13 Å². The number of imidazole rings is 2. The average Bonchev–Trinajstić information content (AvgIpc) is 3.75. The Kier molecular flexibility index (Phi) is 8.09. The summed E-state index contributed by atoms with van der Waals surface area (Å²) in [6.07, 6.45) is 0.913. The molecule has 2 aromatic heterocycles. The molecule has 244 valence electrons. The van der Waals surface area contributed by atoms with Crippen molar-refractivity contribution in [1.29, 1.82) is 0 Å². The Balaban J connectivity index is 1.46. The highest BCUT2D eigenvalue weighted by Crippen LogP contribution is 2.39. The molecule has 0 saturated carbocycles. The maximum absolute atomic E-state index is 5.31. The van der Waals surface area contributed by atoms with Crippen LogP contribution in [0.2, 0.25) is 0 Å². The lowest BCUT2D eigenvalue weighted by Crippen LogP contribution is -2.18. The third kappa shape index (κ3) is 5.47. The van der Waals surface area contributed by atoms with Crippen LogP contribution in [0, 0.1) is 6.92 Å². The molecule has 5 nitrogen and oxygen atoms in total. The number of aromatic nitrogens is 4. The summed E-state index contributed by atoms with van der Waals surface area (Å²) in [5.74, 6) is 1.77. The molecule has 0 atom stereocenters. The fourth-order valence-corrected chi connectivity index (χ4v) is 7.09. The summed E-state index contributed by atoms with van der Waals surface area (Å²) in [4.78, 5) is 13.0. The van der Waals surface area contributed by atoms with Crippen molar-refractivity contribution in [3.63, 3.8) is 0 Å². The van der Waals surface area contributed by atoms with Crippen LogP contribution in [-0.2, 0) is 0 Å². The van der Waals surface area contributed by atoms with Crippen molar-refractivity contribution in [1.82, 2.24) is 19.1 Å². The van der Waals surface area contributed by atoms with E-state index >= 15 is 0 Å². The lowest BCUT2D eigenvalue weighted by Gasteiger charge is -2.28. The number of anilines is 1. The van der Waals surface area contributed by atoms with Gasteiger partial charge in [-0.2, -0.15) is 0 Å². The minimum Gasteiger partial charge on any atom is -0.344 e. The molecule has 0 spiro atoms. The van der Waals surface area contributed by atoms with Crippen LogP contribution in [0.1, 0.15) is 31.4 Å². The molecule has 0 fully saturated rings. The normalized spacial score (nSPS) is 12.0. The van der Waals surface area contributed by atoms with Gasteiger partial charge in [0.2, 0.25) is 0 Å². The Hall–Kier alpha value is -6.20. The van der Waals surface area contributed by atoms with E-state index in [1.165, 1.54) is 22.5 Å². The zero-order valence-corrected chi connectivity index (χ0v) is 28.9. The number of hydrogen-bond acceptors (Lipinski definition) is 3. The Morgan fingerprint density at radius 2 is 1.04 bits per heavy atom. The van der Waals surface area contributed by atoms with E-state index in [-0.39, 0.29) is 0 Å². The second kappa shape index (κ2) is 13.0. The Bertz CT molecular complexity index is 2370. The van der Waals surface area contributed by atoms with Crippen LogP contribution in [0.4, 0.5) is 5.69 Å². The highest BCUT2D eigenvalue weighted by atomic mass is 15.1. The van der Waals surface area contributed by atoms with Crippen molar-refractivity contribution < 1.29 is 0 Å². The molecule has 50 heavy (non-hydrogen) atoms. The lowest BCUT2D eigenvalue weighted by atomic mass is 9.97. The molecule has 8 aromatic rings. The minimum atomic E-state index is 0.884. The second-order valence-corrected chi connectivity index (χ2v) is 12.8. The van der Waals surface area contributed by atoms with Crippen LogP contribution in [-0.4, -0.2) is 26.1 Å². The molecule has 0 radical (unpaired) electrons. The van der Waals surface area contributed by atoms with Gasteiger partial charge in [-0.25, -0.2) is 9.97 Å². The second-order valence-electron chi connectivity index (χ2n) is 12.8. The van der Waals surface area contributed by atoms with Crippen molar-refractivity contribution in [3.8, 4) is 34.2 Å². The smallest absolute Gasteiger partial charge is 0.145 e. The fourth-order valence-electron chi connectivity index (χ4n) is 7.09. The van der Waals surface area contributed by atoms with Gasteiger partial charge in [0.1, 0.15) is 11.6 Å². The topological polar surface area (TPSA) is 38.9 Å². The predicted molar refractivity (Wildman–Crippen MR) is 209 cm³/mol. The van der Waals surface area contributed by atoms with E-state index in [1.807, 2.05) is 0 Å². The highest BCUT2D eigenvalue weighted by molar-refractivity contribution is 5.90. The fraction of sp³-hybridized carbons (Fsp3) is 0.111. The number of rotatable bonds is 8. The van der Waals surface area contributed by atoms with Gasteiger partial charge in [-0.15, -0.1) is 0 Å². The average molecular weight is 650 g/mol. The Morgan fingerprint density at radius 3 is 1.54 bits per heavy atom. The lowest BCUT2D eigenvalue weighted by molar-refractivity contribution is 1.06. The zero-order valence-electron chi connectivity index (χ0n) is 28.9. The minimum absolute atomic E-state index is 0.884. The predicted octanol–water partition coefficient (Wildman–Crippen LogP) is 11.3. The molecule has 0 N–H and O–H groups in total. The van der Waals surface area contributed by atoms with Crippen molar-refractivity contribution in [2.45, 2.75) is 27.2 Å². The highest BCUT2D eigenvalue weighted by Gasteiger charge is 2.22. The van der Waals surface area contributed by atoms with Gasteiger partial charge in [0, 0.05) is 40.9 Å². The van der Waals surface area contributed by atoms with Gasteiger partial charge >= 0.3 is 0 Å². The molecular weight excluding hydrogens is 611 g/mol. The summed E-state index contributed by atoms with van der Waals surface area (Å²) in [5, 5.41) is 0. The number of nitrogens with zero attached hydrogens (tertiary/aromatic N) is 5. The van der Waals surface area contributed by atoms with Crippen LogP contribution >= 0.6 is 0 Å². The molecule has 0 saturated heterocycles. The van der Waals surface area contributed by atoms with Crippen LogP contribution in [0.5, 0.6) is 0 Å². The quantitative estimate of drug-likeness (QED) is 0.164. The molecule has 0 aliphatic heterocycles. The van der Waals surface area contributed by atoms with E-state index in [0.717, 1.165) is 68.2 Å². The number of benzene rings is 6. The van der Waals surface area contributed by atoms with Gasteiger partial charge in [0.15, 0.2) is 0 Å². The van der Waals surface area contributed by atoms with Crippen molar-refractivity contribution in [2.24, 2.45) is 0 Å². The molecular formula is C45H39N5. The summed E-state index contributed by atoms with van der Waals surface area (Å²) in [6, 6.07) is 53.3. The van der Waals surface area contributed by atoms with Gasteiger partial charge in [-0.1, -0.05) is 85.8 Å². The largest absolute Gasteiger partial charge is 0.344 e. The first-order chi connectivity index (χ1) is 24.5. The number of fused-ring (bicyclic) bond motifs is 2. The molecule has 0 bridgehead atoms. The first kappa shape index (κ1) is 31.1. The zero-order chi connectivity index (χ0) is 34.2. The molecule has 2 heterocycles. The van der Waals surface area contributed by atoms with Crippen LogP contribution in [0.25, 0.3) is 61.9 Å². The summed E-state index contributed by atoms with van der Waals surface area (Å²) in [5.41, 5.74) is 14.2. The number of para-hydroxylation sites is 7. The van der Waals surface area contributed by atoms with E-state index in [0.29, 0.717) is 0 Å². The molecule has 0 aliphatic rings. The maximum Gasteiger partial charge on any atom is 0.145 e. The van der Waals surface area contributed by atoms with E-state index in [1.54, 1.807) is 0 Å². The SMILES string of the molecule is CC/C(C)=C(\c1cc(-c2nc3ccccc3n2-c2ccccc2)cc(-c2nc3ccccc3n2-c2ccccc2)c1)N(C)c1ccccc1C. The molecule has 6 aromatic carbocycles. The van der Waals surface area contributed by atoms with Crippen LogP contribution in [0.3, 0.4) is 0 Å². The number of aryl methyl sites for hydroxylation is 1.